The lowest BCUT2D eigenvalue weighted by molar-refractivity contribution is -0.156. The molecule has 1 saturated heterocycles. The fraction of sp³-hybridized carbons (Fsp3) is 0.643. The standard InChI is InChI=1S/C14H20N2O6S3/c1-7(19)9-11(20)16-10(13(21)22)8(25-12(9)16)6-24-14(23)15(2-4-17)3-5-18/h7,9,12,17-19H,2-6H2,1H3,(H,21,22)/t7-,9+,12-/m1/s1. The summed E-state index contributed by atoms with van der Waals surface area (Å²) in [5.41, 5.74) is -0.0527. The first kappa shape index (κ1) is 20.5. The summed E-state index contributed by atoms with van der Waals surface area (Å²) in [5.74, 6) is -1.90. The van der Waals surface area contributed by atoms with Crippen molar-refractivity contribution in [2.24, 2.45) is 5.92 Å². The number of hydrogen-bond donors (Lipinski definition) is 4. The Hall–Kier alpha value is -0.850. The third-order valence-electron chi connectivity index (χ3n) is 3.90. The summed E-state index contributed by atoms with van der Waals surface area (Å²) in [6.45, 7) is 1.85. The SMILES string of the molecule is C[C@@H](O)[C@H]1C(=O)N2C(C(=O)O)=C(CSC(=S)N(CCO)CCO)S[C@H]12. The van der Waals surface area contributed by atoms with Crippen molar-refractivity contribution in [1.29, 1.82) is 0 Å². The number of fused-ring (bicyclic) bond motifs is 1. The molecule has 2 aliphatic heterocycles. The predicted molar refractivity (Wildman–Crippen MR) is 98.9 cm³/mol. The van der Waals surface area contributed by atoms with E-state index in [4.69, 9.17) is 22.4 Å². The molecule has 1 amide bonds. The van der Waals surface area contributed by atoms with Crippen LogP contribution in [-0.2, 0) is 9.59 Å². The van der Waals surface area contributed by atoms with Crippen molar-refractivity contribution in [2.45, 2.75) is 18.4 Å². The van der Waals surface area contributed by atoms with Crippen LogP contribution in [0.25, 0.3) is 0 Å². The smallest absolute Gasteiger partial charge is 0.353 e. The first-order valence-electron chi connectivity index (χ1n) is 7.61. The second kappa shape index (κ2) is 8.69. The first-order chi connectivity index (χ1) is 11.8. The minimum absolute atomic E-state index is 0.0527. The number of rotatable bonds is 8. The van der Waals surface area contributed by atoms with Gasteiger partial charge in [0, 0.05) is 23.7 Å². The average molecular weight is 409 g/mol. The molecule has 0 aromatic heterocycles. The Labute approximate surface area is 158 Å². The number of aliphatic carboxylic acids is 1. The highest BCUT2D eigenvalue weighted by molar-refractivity contribution is 8.23. The van der Waals surface area contributed by atoms with Gasteiger partial charge in [0.2, 0.25) is 5.91 Å². The van der Waals surface area contributed by atoms with E-state index in [-0.39, 0.29) is 43.7 Å². The Morgan fingerprint density at radius 1 is 1.40 bits per heavy atom. The van der Waals surface area contributed by atoms with E-state index in [0.717, 1.165) is 0 Å². The number of nitrogens with zero attached hydrogens (tertiary/aromatic N) is 2. The van der Waals surface area contributed by atoms with Crippen LogP contribution in [0.1, 0.15) is 6.92 Å². The highest BCUT2D eigenvalue weighted by Gasteiger charge is 2.57. The summed E-state index contributed by atoms with van der Waals surface area (Å²) in [7, 11) is 0. The van der Waals surface area contributed by atoms with Crippen LogP contribution < -0.4 is 0 Å². The lowest BCUT2D eigenvalue weighted by Gasteiger charge is -2.43. The zero-order valence-electron chi connectivity index (χ0n) is 13.5. The van der Waals surface area contributed by atoms with Gasteiger partial charge in [0.15, 0.2) is 0 Å². The number of aliphatic hydroxyl groups excluding tert-OH is 3. The lowest BCUT2D eigenvalue weighted by Crippen LogP contribution is -2.60. The van der Waals surface area contributed by atoms with Crippen LogP contribution in [0.5, 0.6) is 0 Å². The largest absolute Gasteiger partial charge is 0.477 e. The Balaban J connectivity index is 2.07. The van der Waals surface area contributed by atoms with Crippen molar-refractivity contribution in [3.63, 3.8) is 0 Å². The molecule has 0 unspecified atom stereocenters. The normalized spacial score (nSPS) is 23.4. The number of thioether (sulfide) groups is 2. The number of thiocarbonyl (C=S) groups is 1. The molecule has 0 aliphatic carbocycles. The van der Waals surface area contributed by atoms with Crippen molar-refractivity contribution < 1.29 is 30.0 Å². The van der Waals surface area contributed by atoms with Crippen LogP contribution in [0.3, 0.4) is 0 Å². The molecule has 0 aromatic carbocycles. The minimum Gasteiger partial charge on any atom is -0.477 e. The minimum atomic E-state index is -1.18. The molecule has 0 radical (unpaired) electrons. The highest BCUT2D eigenvalue weighted by Crippen LogP contribution is 2.51. The molecule has 0 saturated carbocycles. The number of amides is 1. The van der Waals surface area contributed by atoms with Crippen LogP contribution in [0.2, 0.25) is 0 Å². The molecule has 8 nitrogen and oxygen atoms in total. The number of carboxylic acids is 1. The Bertz CT molecular complexity index is 591. The van der Waals surface area contributed by atoms with Crippen LogP contribution in [0.4, 0.5) is 0 Å². The molecule has 1 fully saturated rings. The summed E-state index contributed by atoms with van der Waals surface area (Å²) < 4.78 is 0.439. The predicted octanol–water partition coefficient (Wildman–Crippen LogP) is -0.501. The Morgan fingerprint density at radius 2 is 2.00 bits per heavy atom. The maximum Gasteiger partial charge on any atom is 0.353 e. The van der Waals surface area contributed by atoms with Crippen molar-refractivity contribution in [1.82, 2.24) is 9.80 Å². The summed E-state index contributed by atoms with van der Waals surface area (Å²) in [4.78, 5) is 27.1. The molecule has 4 N–H and O–H groups in total. The molecule has 0 aromatic rings. The molecule has 2 heterocycles. The molecule has 3 atom stereocenters. The van der Waals surface area contributed by atoms with Gasteiger partial charge in [-0.05, 0) is 6.92 Å². The van der Waals surface area contributed by atoms with Crippen LogP contribution >= 0.6 is 35.7 Å². The summed E-state index contributed by atoms with van der Waals surface area (Å²) >= 11 is 7.76. The van der Waals surface area contributed by atoms with Gasteiger partial charge in [0.25, 0.3) is 0 Å². The van der Waals surface area contributed by atoms with Crippen molar-refractivity contribution in [2.75, 3.05) is 32.1 Å². The molecule has 2 rings (SSSR count). The summed E-state index contributed by atoms with van der Waals surface area (Å²) in [5, 5.41) is 36.8. The van der Waals surface area contributed by atoms with Gasteiger partial charge >= 0.3 is 5.97 Å². The van der Waals surface area contributed by atoms with Crippen molar-refractivity contribution >= 4 is 51.9 Å². The van der Waals surface area contributed by atoms with E-state index in [0.29, 0.717) is 9.23 Å². The van der Waals surface area contributed by atoms with Gasteiger partial charge < -0.3 is 25.3 Å². The average Bonchev–Trinajstić information content (AvgIpc) is 2.86. The molecule has 25 heavy (non-hydrogen) atoms. The van der Waals surface area contributed by atoms with Gasteiger partial charge in [-0.1, -0.05) is 24.0 Å². The molecular weight excluding hydrogens is 388 g/mol. The third-order valence-corrected chi connectivity index (χ3v) is 7.00. The molecule has 140 valence electrons. The quantitative estimate of drug-likeness (QED) is 0.309. The Kier molecular flexibility index (Phi) is 7.11. The number of carboxylic acid groups (broad SMARTS) is 1. The summed E-state index contributed by atoms with van der Waals surface area (Å²) in [6.07, 6.45) is -0.839. The number of β-lactam (4-membered cyclic amide) rings is 1. The van der Waals surface area contributed by atoms with Gasteiger partial charge in [-0.15, -0.1) is 11.8 Å². The van der Waals surface area contributed by atoms with Gasteiger partial charge in [-0.2, -0.15) is 0 Å². The van der Waals surface area contributed by atoms with Crippen LogP contribution in [0, 0.1) is 5.92 Å². The molecule has 0 spiro atoms. The lowest BCUT2D eigenvalue weighted by atomic mass is 9.92. The Morgan fingerprint density at radius 3 is 2.48 bits per heavy atom. The second-order valence-electron chi connectivity index (χ2n) is 5.55. The maximum atomic E-state index is 12.1. The molecule has 11 heteroatoms. The van der Waals surface area contributed by atoms with Crippen LogP contribution in [-0.4, -0.2) is 90.0 Å². The maximum absolute atomic E-state index is 12.1. The van der Waals surface area contributed by atoms with Gasteiger partial charge in [-0.3, -0.25) is 9.69 Å². The van der Waals surface area contributed by atoms with E-state index >= 15 is 0 Å². The number of hydrogen-bond acceptors (Lipinski definition) is 8. The van der Waals surface area contributed by atoms with Gasteiger partial charge in [0.1, 0.15) is 15.4 Å². The van der Waals surface area contributed by atoms with Crippen LogP contribution in [0.15, 0.2) is 10.6 Å². The zero-order chi connectivity index (χ0) is 18.7. The number of carbonyl (C=O) groups excluding carboxylic acids is 1. The summed E-state index contributed by atoms with van der Waals surface area (Å²) in [6, 6.07) is 0. The first-order valence-corrected chi connectivity index (χ1v) is 9.88. The fourth-order valence-electron chi connectivity index (χ4n) is 2.71. The second-order valence-corrected chi connectivity index (χ2v) is 8.37. The third kappa shape index (κ3) is 4.12. The van der Waals surface area contributed by atoms with Gasteiger partial charge in [0.05, 0.1) is 25.2 Å². The molecular formula is C14H20N2O6S3. The van der Waals surface area contributed by atoms with E-state index in [1.54, 1.807) is 4.90 Å². The number of carbonyl (C=O) groups is 2. The monoisotopic (exact) mass is 408 g/mol. The van der Waals surface area contributed by atoms with E-state index in [1.807, 2.05) is 0 Å². The van der Waals surface area contributed by atoms with Crippen molar-refractivity contribution in [3.8, 4) is 0 Å². The molecule has 0 bridgehead atoms. The molecule has 2 aliphatic rings. The fourth-order valence-corrected chi connectivity index (χ4v) is 5.67. The van der Waals surface area contributed by atoms with E-state index in [9.17, 15) is 19.8 Å². The topological polar surface area (TPSA) is 122 Å². The number of aliphatic hydroxyl groups is 3. The zero-order valence-corrected chi connectivity index (χ0v) is 15.9. The van der Waals surface area contributed by atoms with Gasteiger partial charge in [-0.25, -0.2) is 4.79 Å². The van der Waals surface area contributed by atoms with E-state index in [1.165, 1.54) is 35.3 Å². The highest BCUT2D eigenvalue weighted by atomic mass is 32.2. The van der Waals surface area contributed by atoms with E-state index < -0.39 is 23.4 Å². The van der Waals surface area contributed by atoms with E-state index in [2.05, 4.69) is 0 Å². The van der Waals surface area contributed by atoms with Crippen molar-refractivity contribution in [3.05, 3.63) is 10.6 Å².